The predicted molar refractivity (Wildman–Crippen MR) is 138 cm³/mol. The van der Waals surface area contributed by atoms with Gasteiger partial charge in [0.15, 0.2) is 5.96 Å². The van der Waals surface area contributed by atoms with Crippen molar-refractivity contribution in [3.8, 4) is 0 Å². The summed E-state index contributed by atoms with van der Waals surface area (Å²) in [4.78, 5) is 11.1. The van der Waals surface area contributed by atoms with Gasteiger partial charge in [-0.05, 0) is 42.7 Å². The van der Waals surface area contributed by atoms with Gasteiger partial charge >= 0.3 is 0 Å². The van der Waals surface area contributed by atoms with Crippen molar-refractivity contribution in [2.75, 3.05) is 59.5 Å². The molecule has 2 fully saturated rings. The van der Waals surface area contributed by atoms with Crippen LogP contribution in [0.4, 0.5) is 0 Å². The van der Waals surface area contributed by atoms with Crippen LogP contribution >= 0.6 is 35.3 Å². The van der Waals surface area contributed by atoms with E-state index in [-0.39, 0.29) is 24.0 Å². The topological polar surface area (TPSA) is 52.1 Å². The van der Waals surface area contributed by atoms with Crippen LogP contribution in [0.15, 0.2) is 22.5 Å². The molecule has 30 heavy (non-hydrogen) atoms. The Labute approximate surface area is 203 Å². The number of hydrogen-bond acceptors (Lipinski definition) is 5. The number of guanidine groups is 1. The molecular weight excluding hydrogens is 509 g/mol. The molecule has 0 spiro atoms. The molecule has 1 aromatic rings. The fraction of sp³-hybridized carbons (Fsp3) is 0.773. The van der Waals surface area contributed by atoms with E-state index in [2.05, 4.69) is 56.8 Å². The lowest BCUT2D eigenvalue weighted by molar-refractivity contribution is 0.00751. The Bertz CT molecular complexity index is 607. The summed E-state index contributed by atoms with van der Waals surface area (Å²) in [5.74, 6) is 2.21. The maximum absolute atomic E-state index is 5.52. The molecule has 2 saturated heterocycles. The van der Waals surface area contributed by atoms with Crippen LogP contribution in [0.25, 0.3) is 0 Å². The summed E-state index contributed by atoms with van der Waals surface area (Å²) in [7, 11) is 1.87. The molecule has 0 bridgehead atoms. The number of nitrogens with one attached hydrogen (secondary N) is 2. The van der Waals surface area contributed by atoms with Crippen molar-refractivity contribution in [2.45, 2.75) is 39.3 Å². The third-order valence-corrected chi connectivity index (χ3v) is 6.97. The number of halogens is 1. The molecule has 2 N–H and O–H groups in total. The van der Waals surface area contributed by atoms with Crippen LogP contribution in [0.2, 0.25) is 0 Å². The van der Waals surface area contributed by atoms with Gasteiger partial charge in [0.1, 0.15) is 0 Å². The maximum atomic E-state index is 5.52. The Morgan fingerprint density at radius 1 is 1.27 bits per heavy atom. The van der Waals surface area contributed by atoms with Gasteiger partial charge in [-0.25, -0.2) is 0 Å². The Hall–Kier alpha value is -0.420. The second-order valence-corrected chi connectivity index (χ2v) is 9.65. The number of nitrogens with zero attached hydrogens (tertiary/aromatic N) is 3. The van der Waals surface area contributed by atoms with Crippen molar-refractivity contribution in [3.63, 3.8) is 0 Å². The predicted octanol–water partition coefficient (Wildman–Crippen LogP) is 3.10. The number of ether oxygens (including phenoxy) is 1. The van der Waals surface area contributed by atoms with Gasteiger partial charge in [-0.3, -0.25) is 14.8 Å². The molecular formula is C22H40IN5OS. The second-order valence-electron chi connectivity index (χ2n) is 8.62. The minimum atomic E-state index is 0. The largest absolute Gasteiger partial charge is 0.379 e. The molecule has 0 aromatic carbocycles. The smallest absolute Gasteiger partial charge is 0.191 e. The van der Waals surface area contributed by atoms with Crippen molar-refractivity contribution in [1.29, 1.82) is 0 Å². The summed E-state index contributed by atoms with van der Waals surface area (Å²) in [6.45, 7) is 13.8. The number of aliphatic imine (C=N–C) groups is 1. The Morgan fingerprint density at radius 2 is 2.07 bits per heavy atom. The third kappa shape index (κ3) is 8.26. The molecule has 2 aliphatic rings. The first-order valence-electron chi connectivity index (χ1n) is 11.2. The summed E-state index contributed by atoms with van der Waals surface area (Å²) in [5, 5.41) is 9.34. The second kappa shape index (κ2) is 13.9. The van der Waals surface area contributed by atoms with Crippen LogP contribution < -0.4 is 10.6 Å². The minimum absolute atomic E-state index is 0. The molecule has 3 rings (SSSR count). The lowest BCUT2D eigenvalue weighted by atomic mass is 9.98. The molecule has 0 amide bonds. The molecule has 172 valence electrons. The summed E-state index contributed by atoms with van der Waals surface area (Å²) < 4.78 is 5.52. The monoisotopic (exact) mass is 549 g/mol. The first kappa shape index (κ1) is 25.8. The highest BCUT2D eigenvalue weighted by Gasteiger charge is 2.24. The van der Waals surface area contributed by atoms with E-state index in [9.17, 15) is 0 Å². The lowest BCUT2D eigenvalue weighted by Gasteiger charge is -2.37. The van der Waals surface area contributed by atoms with Crippen LogP contribution in [0.5, 0.6) is 0 Å². The number of rotatable bonds is 8. The van der Waals surface area contributed by atoms with Crippen molar-refractivity contribution >= 4 is 41.3 Å². The summed E-state index contributed by atoms with van der Waals surface area (Å²) in [5.41, 5.74) is 0. The van der Waals surface area contributed by atoms with Crippen LogP contribution in [0.3, 0.4) is 0 Å². The van der Waals surface area contributed by atoms with Gasteiger partial charge in [0.25, 0.3) is 0 Å². The van der Waals surface area contributed by atoms with E-state index < -0.39 is 0 Å². The van der Waals surface area contributed by atoms with Crippen LogP contribution in [0, 0.1) is 11.8 Å². The lowest BCUT2D eigenvalue weighted by Crippen LogP contribution is -2.53. The standard InChI is InChI=1S/C22H39N5OS.HI/c1-18(2)21(27-9-11-28-12-10-27)15-25-22(23-3)24-14-19-6-4-8-26(16-19)17-20-7-5-13-29-20;/h5,7,13,18-19,21H,4,6,8-12,14-17H2,1-3H3,(H2,23,24,25);1H. The molecule has 0 radical (unpaired) electrons. The molecule has 0 saturated carbocycles. The fourth-order valence-corrected chi connectivity index (χ4v) is 5.19. The zero-order valence-electron chi connectivity index (χ0n) is 18.8. The Morgan fingerprint density at radius 3 is 2.73 bits per heavy atom. The fourth-order valence-electron chi connectivity index (χ4n) is 4.44. The van der Waals surface area contributed by atoms with Gasteiger partial charge in [0, 0.05) is 57.2 Å². The van der Waals surface area contributed by atoms with Crippen LogP contribution in [0.1, 0.15) is 31.6 Å². The van der Waals surface area contributed by atoms with E-state index >= 15 is 0 Å². The van der Waals surface area contributed by atoms with Crippen molar-refractivity contribution in [3.05, 3.63) is 22.4 Å². The quantitative estimate of drug-likeness (QED) is 0.297. The van der Waals surface area contributed by atoms with Crippen LogP contribution in [-0.2, 0) is 11.3 Å². The van der Waals surface area contributed by atoms with E-state index in [1.54, 1.807) is 0 Å². The average molecular weight is 550 g/mol. The molecule has 3 heterocycles. The first-order chi connectivity index (χ1) is 14.2. The highest BCUT2D eigenvalue weighted by molar-refractivity contribution is 14.0. The molecule has 2 atom stereocenters. The van der Waals surface area contributed by atoms with Gasteiger partial charge in [-0.15, -0.1) is 35.3 Å². The third-order valence-electron chi connectivity index (χ3n) is 6.11. The van der Waals surface area contributed by atoms with E-state index in [4.69, 9.17) is 4.74 Å². The Kier molecular flexibility index (Phi) is 12.0. The van der Waals surface area contributed by atoms with Crippen molar-refractivity contribution in [2.24, 2.45) is 16.8 Å². The SMILES string of the molecule is CN=C(NCC1CCCN(Cc2cccs2)C1)NCC(C(C)C)N1CCOCC1.I. The molecule has 6 nitrogen and oxygen atoms in total. The highest BCUT2D eigenvalue weighted by atomic mass is 127. The number of morpholine rings is 1. The molecule has 2 aliphatic heterocycles. The number of hydrogen-bond donors (Lipinski definition) is 2. The van der Waals surface area contributed by atoms with Gasteiger partial charge in [0.2, 0.25) is 0 Å². The maximum Gasteiger partial charge on any atom is 0.191 e. The van der Waals surface area contributed by atoms with Gasteiger partial charge < -0.3 is 15.4 Å². The van der Waals surface area contributed by atoms with E-state index in [1.807, 2.05) is 18.4 Å². The summed E-state index contributed by atoms with van der Waals surface area (Å²) in [6.07, 6.45) is 2.59. The van der Waals surface area contributed by atoms with E-state index in [0.717, 1.165) is 51.9 Å². The normalized spacial score (nSPS) is 22.5. The van der Waals surface area contributed by atoms with E-state index in [1.165, 1.54) is 30.8 Å². The summed E-state index contributed by atoms with van der Waals surface area (Å²) in [6, 6.07) is 4.91. The zero-order chi connectivity index (χ0) is 20.5. The summed E-state index contributed by atoms with van der Waals surface area (Å²) >= 11 is 1.86. The van der Waals surface area contributed by atoms with Gasteiger partial charge in [-0.1, -0.05) is 19.9 Å². The zero-order valence-corrected chi connectivity index (χ0v) is 22.0. The minimum Gasteiger partial charge on any atom is -0.379 e. The van der Waals surface area contributed by atoms with Crippen molar-refractivity contribution < 1.29 is 4.74 Å². The van der Waals surface area contributed by atoms with Crippen LogP contribution in [-0.4, -0.2) is 81.3 Å². The molecule has 2 unspecified atom stereocenters. The van der Waals surface area contributed by atoms with Gasteiger partial charge in [0.05, 0.1) is 13.2 Å². The van der Waals surface area contributed by atoms with Crippen molar-refractivity contribution in [1.82, 2.24) is 20.4 Å². The number of likely N-dealkylation sites (tertiary alicyclic amines) is 1. The van der Waals surface area contributed by atoms with Gasteiger partial charge in [-0.2, -0.15) is 0 Å². The highest BCUT2D eigenvalue weighted by Crippen LogP contribution is 2.20. The molecule has 8 heteroatoms. The first-order valence-corrected chi connectivity index (χ1v) is 12.0. The molecule has 0 aliphatic carbocycles. The molecule has 1 aromatic heterocycles. The average Bonchev–Trinajstić information content (AvgIpc) is 3.24. The van der Waals surface area contributed by atoms with E-state index in [0.29, 0.717) is 17.9 Å². The number of thiophene rings is 1. The Balaban J connectivity index is 0.00000320. The number of piperidine rings is 1.